The molecule has 0 spiro atoms. The summed E-state index contributed by atoms with van der Waals surface area (Å²) in [6.07, 6.45) is 0. The Kier molecular flexibility index (Phi) is 4.08. The van der Waals surface area contributed by atoms with Gasteiger partial charge in [0.05, 0.1) is 6.61 Å². The third-order valence-electron chi connectivity index (χ3n) is 3.26. The molecule has 2 heteroatoms. The molecule has 2 rings (SSSR count). The van der Waals surface area contributed by atoms with Crippen molar-refractivity contribution >= 4 is 16.5 Å². The standard InChI is InChI=1S/C16H21NO/c1-4-17(5-2)15-11-7-10-14-13(15)9-8-12-16(14)18-6-3/h7-12H,4-6H2,1-3H3. The maximum absolute atomic E-state index is 5.70. The maximum Gasteiger partial charge on any atom is 0.127 e. The quantitative estimate of drug-likeness (QED) is 0.784. The number of nitrogens with zero attached hydrogens (tertiary/aromatic N) is 1. The number of anilines is 1. The van der Waals surface area contributed by atoms with Crippen LogP contribution in [0, 0.1) is 0 Å². The van der Waals surface area contributed by atoms with E-state index in [2.05, 4.69) is 49.1 Å². The van der Waals surface area contributed by atoms with Gasteiger partial charge in [0.2, 0.25) is 0 Å². The summed E-state index contributed by atoms with van der Waals surface area (Å²) in [5, 5.41) is 2.47. The molecule has 0 fully saturated rings. The first kappa shape index (κ1) is 12.7. The zero-order chi connectivity index (χ0) is 13.0. The average Bonchev–Trinajstić information content (AvgIpc) is 2.41. The van der Waals surface area contributed by atoms with Crippen molar-refractivity contribution in [2.75, 3.05) is 24.6 Å². The van der Waals surface area contributed by atoms with Gasteiger partial charge in [-0.1, -0.05) is 24.3 Å². The molecule has 2 aromatic rings. The monoisotopic (exact) mass is 243 g/mol. The van der Waals surface area contributed by atoms with Crippen LogP contribution in [-0.4, -0.2) is 19.7 Å². The molecule has 0 heterocycles. The van der Waals surface area contributed by atoms with E-state index in [1.165, 1.54) is 16.5 Å². The average molecular weight is 243 g/mol. The SMILES string of the molecule is CCOc1cccc2c(N(CC)CC)cccc12. The molecule has 0 amide bonds. The minimum absolute atomic E-state index is 0.703. The second-order valence-corrected chi connectivity index (χ2v) is 4.23. The summed E-state index contributed by atoms with van der Waals surface area (Å²) < 4.78 is 5.70. The molecule has 0 atom stereocenters. The molecular formula is C16H21NO. The summed E-state index contributed by atoms with van der Waals surface area (Å²) >= 11 is 0. The van der Waals surface area contributed by atoms with Crippen LogP contribution in [0.4, 0.5) is 5.69 Å². The lowest BCUT2D eigenvalue weighted by Crippen LogP contribution is -2.21. The van der Waals surface area contributed by atoms with Crippen LogP contribution in [0.25, 0.3) is 10.8 Å². The largest absolute Gasteiger partial charge is 0.493 e. The Morgan fingerprint density at radius 2 is 1.56 bits per heavy atom. The summed E-state index contributed by atoms with van der Waals surface area (Å²) in [6, 6.07) is 12.7. The smallest absolute Gasteiger partial charge is 0.127 e. The molecule has 0 saturated heterocycles. The highest BCUT2D eigenvalue weighted by atomic mass is 16.5. The van der Waals surface area contributed by atoms with Gasteiger partial charge in [-0.15, -0.1) is 0 Å². The van der Waals surface area contributed by atoms with Crippen LogP contribution in [0.2, 0.25) is 0 Å². The van der Waals surface area contributed by atoms with Crippen molar-refractivity contribution in [1.82, 2.24) is 0 Å². The second-order valence-electron chi connectivity index (χ2n) is 4.23. The van der Waals surface area contributed by atoms with Crippen LogP contribution in [0.3, 0.4) is 0 Å². The number of rotatable bonds is 5. The van der Waals surface area contributed by atoms with Crippen molar-refractivity contribution in [2.45, 2.75) is 20.8 Å². The fourth-order valence-corrected chi connectivity index (χ4v) is 2.39. The van der Waals surface area contributed by atoms with E-state index in [1.54, 1.807) is 0 Å². The summed E-state index contributed by atoms with van der Waals surface area (Å²) in [5.74, 6) is 0.976. The zero-order valence-corrected chi connectivity index (χ0v) is 11.4. The first-order chi connectivity index (χ1) is 8.81. The molecule has 0 aliphatic rings. The van der Waals surface area contributed by atoms with Crippen LogP contribution >= 0.6 is 0 Å². The molecular weight excluding hydrogens is 222 g/mol. The summed E-state index contributed by atoms with van der Waals surface area (Å²) in [7, 11) is 0. The summed E-state index contributed by atoms with van der Waals surface area (Å²) in [5.41, 5.74) is 1.29. The van der Waals surface area contributed by atoms with Gasteiger partial charge in [-0.05, 0) is 32.9 Å². The Bertz CT molecular complexity index is 517. The van der Waals surface area contributed by atoms with Crippen LogP contribution in [0.5, 0.6) is 5.75 Å². The predicted octanol–water partition coefficient (Wildman–Crippen LogP) is 4.08. The molecule has 2 nitrogen and oxygen atoms in total. The fourth-order valence-electron chi connectivity index (χ4n) is 2.39. The van der Waals surface area contributed by atoms with Gasteiger partial charge in [-0.3, -0.25) is 0 Å². The van der Waals surface area contributed by atoms with Gasteiger partial charge in [-0.25, -0.2) is 0 Å². The van der Waals surface area contributed by atoms with Crippen molar-refractivity contribution < 1.29 is 4.74 Å². The lowest BCUT2D eigenvalue weighted by atomic mass is 10.1. The highest BCUT2D eigenvalue weighted by Crippen LogP contribution is 2.32. The topological polar surface area (TPSA) is 12.5 Å². The minimum Gasteiger partial charge on any atom is -0.493 e. The lowest BCUT2D eigenvalue weighted by Gasteiger charge is -2.23. The lowest BCUT2D eigenvalue weighted by molar-refractivity contribution is 0.344. The molecule has 0 bridgehead atoms. The van der Waals surface area contributed by atoms with E-state index in [0.717, 1.165) is 18.8 Å². The molecule has 18 heavy (non-hydrogen) atoms. The summed E-state index contributed by atoms with van der Waals surface area (Å²) in [6.45, 7) is 9.15. The molecule has 0 aliphatic carbocycles. The molecule has 0 radical (unpaired) electrons. The number of hydrogen-bond donors (Lipinski definition) is 0. The van der Waals surface area contributed by atoms with Crippen LogP contribution in [-0.2, 0) is 0 Å². The first-order valence-corrected chi connectivity index (χ1v) is 6.71. The third kappa shape index (κ3) is 2.28. The third-order valence-corrected chi connectivity index (χ3v) is 3.26. The van der Waals surface area contributed by atoms with Gasteiger partial charge >= 0.3 is 0 Å². The zero-order valence-electron chi connectivity index (χ0n) is 11.4. The van der Waals surface area contributed by atoms with E-state index in [9.17, 15) is 0 Å². The normalized spacial score (nSPS) is 10.6. The first-order valence-electron chi connectivity index (χ1n) is 6.71. The Labute approximate surface area is 109 Å². The Hall–Kier alpha value is -1.70. The van der Waals surface area contributed by atoms with Gasteiger partial charge in [0.25, 0.3) is 0 Å². The van der Waals surface area contributed by atoms with Gasteiger partial charge in [0.15, 0.2) is 0 Å². The van der Waals surface area contributed by atoms with Crippen molar-refractivity contribution in [3.05, 3.63) is 36.4 Å². The van der Waals surface area contributed by atoms with Crippen molar-refractivity contribution in [2.24, 2.45) is 0 Å². The van der Waals surface area contributed by atoms with Crippen LogP contribution < -0.4 is 9.64 Å². The Morgan fingerprint density at radius 1 is 0.889 bits per heavy atom. The number of ether oxygens (including phenoxy) is 1. The Morgan fingerprint density at radius 3 is 2.22 bits per heavy atom. The molecule has 0 aromatic heterocycles. The molecule has 0 unspecified atom stereocenters. The van der Waals surface area contributed by atoms with Gasteiger partial charge in [0.1, 0.15) is 5.75 Å². The van der Waals surface area contributed by atoms with E-state index in [0.29, 0.717) is 6.61 Å². The van der Waals surface area contributed by atoms with E-state index in [1.807, 2.05) is 13.0 Å². The fraction of sp³-hybridized carbons (Fsp3) is 0.375. The second kappa shape index (κ2) is 5.76. The molecule has 2 aromatic carbocycles. The Balaban J connectivity index is 2.59. The van der Waals surface area contributed by atoms with Crippen molar-refractivity contribution in [3.8, 4) is 5.75 Å². The number of hydrogen-bond acceptors (Lipinski definition) is 2. The van der Waals surface area contributed by atoms with Gasteiger partial charge < -0.3 is 9.64 Å². The highest BCUT2D eigenvalue weighted by molar-refractivity contribution is 5.98. The van der Waals surface area contributed by atoms with E-state index in [-0.39, 0.29) is 0 Å². The van der Waals surface area contributed by atoms with E-state index in [4.69, 9.17) is 4.74 Å². The summed E-state index contributed by atoms with van der Waals surface area (Å²) in [4.78, 5) is 2.37. The van der Waals surface area contributed by atoms with Crippen molar-refractivity contribution in [1.29, 1.82) is 0 Å². The molecule has 96 valence electrons. The van der Waals surface area contributed by atoms with Gasteiger partial charge in [-0.2, -0.15) is 0 Å². The van der Waals surface area contributed by atoms with E-state index >= 15 is 0 Å². The molecule has 0 saturated carbocycles. The van der Waals surface area contributed by atoms with Crippen LogP contribution in [0.1, 0.15) is 20.8 Å². The maximum atomic E-state index is 5.70. The number of benzene rings is 2. The molecule has 0 N–H and O–H groups in total. The van der Waals surface area contributed by atoms with Crippen molar-refractivity contribution in [3.63, 3.8) is 0 Å². The highest BCUT2D eigenvalue weighted by Gasteiger charge is 2.09. The van der Waals surface area contributed by atoms with E-state index < -0.39 is 0 Å². The number of fused-ring (bicyclic) bond motifs is 1. The molecule has 0 aliphatic heterocycles. The van der Waals surface area contributed by atoms with Crippen LogP contribution in [0.15, 0.2) is 36.4 Å². The predicted molar refractivity (Wildman–Crippen MR) is 78.7 cm³/mol. The van der Waals surface area contributed by atoms with Gasteiger partial charge in [0, 0.05) is 29.5 Å². The minimum atomic E-state index is 0.703.